The maximum Gasteiger partial charge on any atom is 0.317 e. The molecule has 1 atom stereocenters. The van der Waals surface area contributed by atoms with Crippen molar-refractivity contribution in [1.82, 2.24) is 19.6 Å². The number of ether oxygens (including phenoxy) is 1. The average Bonchev–Trinajstić information content (AvgIpc) is 3.16. The van der Waals surface area contributed by atoms with E-state index in [-0.39, 0.29) is 18.0 Å². The third-order valence-corrected chi connectivity index (χ3v) is 4.81. The van der Waals surface area contributed by atoms with Crippen LogP contribution in [0.5, 0.6) is 0 Å². The predicted octanol–water partition coefficient (Wildman–Crippen LogP) is 3.06. The van der Waals surface area contributed by atoms with Crippen LogP contribution >= 0.6 is 0 Å². The fraction of sp³-hybridized carbons (Fsp3) is 0.300. The van der Waals surface area contributed by atoms with Crippen molar-refractivity contribution in [2.75, 3.05) is 19.7 Å². The molecule has 1 aromatic carbocycles. The zero-order valence-electron chi connectivity index (χ0n) is 15.1. The number of hydrogen-bond acceptors (Lipinski definition) is 3. The number of amides is 2. The van der Waals surface area contributed by atoms with Crippen molar-refractivity contribution in [3.8, 4) is 0 Å². The van der Waals surface area contributed by atoms with Crippen LogP contribution in [-0.2, 0) is 11.3 Å². The number of carbonyl (C=O) groups excluding carboxylic acids is 1. The van der Waals surface area contributed by atoms with Crippen LogP contribution in [-0.4, -0.2) is 40.0 Å². The quantitative estimate of drug-likeness (QED) is 0.773. The van der Waals surface area contributed by atoms with E-state index in [1.807, 2.05) is 28.9 Å². The second-order valence-electron chi connectivity index (χ2n) is 6.70. The first-order chi connectivity index (χ1) is 13.1. The minimum atomic E-state index is -0.245. The zero-order valence-corrected chi connectivity index (χ0v) is 15.1. The largest absolute Gasteiger partial charge is 0.370 e. The molecule has 1 aliphatic heterocycles. The molecule has 3 heterocycles. The average molecular weight is 368 g/mol. The molecule has 0 radical (unpaired) electrons. The molecule has 7 heteroatoms. The standard InChI is InChI=1S/C20H21FN4O2/c1-14-10-16(2-3-17(14)21)18-13-25(8-9-27-18)20(26)23-12-15-4-6-24-7-5-22-19(24)11-15/h2-7,10-11,18H,8-9,12-13H2,1H3,(H,23,26). The molecule has 0 saturated carbocycles. The number of urea groups is 1. The Hall–Kier alpha value is -2.93. The topological polar surface area (TPSA) is 58.9 Å². The van der Waals surface area contributed by atoms with Crippen LogP contribution in [0.2, 0.25) is 0 Å². The van der Waals surface area contributed by atoms with Crippen molar-refractivity contribution in [2.45, 2.75) is 19.6 Å². The van der Waals surface area contributed by atoms with Gasteiger partial charge in [-0.1, -0.05) is 12.1 Å². The molecular weight excluding hydrogens is 347 g/mol. The Morgan fingerprint density at radius 3 is 3.07 bits per heavy atom. The van der Waals surface area contributed by atoms with Gasteiger partial charge in [0.05, 0.1) is 13.2 Å². The molecular formula is C20H21FN4O2. The van der Waals surface area contributed by atoms with Gasteiger partial charge in [-0.3, -0.25) is 0 Å². The summed E-state index contributed by atoms with van der Waals surface area (Å²) in [5, 5.41) is 2.95. The van der Waals surface area contributed by atoms with Gasteiger partial charge >= 0.3 is 6.03 Å². The number of nitrogens with one attached hydrogen (secondary N) is 1. The van der Waals surface area contributed by atoms with E-state index in [0.717, 1.165) is 16.8 Å². The van der Waals surface area contributed by atoms with Crippen molar-refractivity contribution in [2.24, 2.45) is 0 Å². The van der Waals surface area contributed by atoms with E-state index in [1.54, 1.807) is 30.2 Å². The van der Waals surface area contributed by atoms with Crippen LogP contribution in [0.4, 0.5) is 9.18 Å². The molecule has 27 heavy (non-hydrogen) atoms. The molecule has 140 valence electrons. The first-order valence-corrected chi connectivity index (χ1v) is 8.92. The molecule has 0 aliphatic carbocycles. The molecule has 6 nitrogen and oxygen atoms in total. The third-order valence-electron chi connectivity index (χ3n) is 4.81. The van der Waals surface area contributed by atoms with E-state index in [2.05, 4.69) is 10.3 Å². The Balaban J connectivity index is 1.38. The number of nitrogens with zero attached hydrogens (tertiary/aromatic N) is 3. The number of pyridine rings is 1. The normalized spacial score (nSPS) is 17.3. The van der Waals surface area contributed by atoms with Crippen molar-refractivity contribution >= 4 is 11.7 Å². The first-order valence-electron chi connectivity index (χ1n) is 8.92. The second kappa shape index (κ2) is 7.36. The highest BCUT2D eigenvalue weighted by Gasteiger charge is 2.25. The minimum absolute atomic E-state index is 0.134. The number of aromatic nitrogens is 2. The summed E-state index contributed by atoms with van der Waals surface area (Å²) in [5.74, 6) is -0.237. The van der Waals surface area contributed by atoms with Gasteiger partial charge in [0.1, 0.15) is 17.6 Å². The van der Waals surface area contributed by atoms with Crippen molar-refractivity contribution in [3.05, 3.63) is 71.4 Å². The first kappa shape index (κ1) is 17.5. The number of morpholine rings is 1. The molecule has 1 saturated heterocycles. The lowest BCUT2D eigenvalue weighted by atomic mass is 10.0. The molecule has 1 aliphatic rings. The molecule has 2 aromatic heterocycles. The van der Waals surface area contributed by atoms with Gasteiger partial charge in [0.25, 0.3) is 0 Å². The summed E-state index contributed by atoms with van der Waals surface area (Å²) < 4.78 is 21.2. The van der Waals surface area contributed by atoms with Crippen LogP contribution in [0.1, 0.15) is 22.8 Å². The summed E-state index contributed by atoms with van der Waals surface area (Å²) in [5.41, 5.74) is 3.30. The van der Waals surface area contributed by atoms with Gasteiger partial charge in [0.15, 0.2) is 0 Å². The van der Waals surface area contributed by atoms with E-state index >= 15 is 0 Å². The van der Waals surface area contributed by atoms with Gasteiger partial charge in [-0.2, -0.15) is 0 Å². The molecule has 1 unspecified atom stereocenters. The highest BCUT2D eigenvalue weighted by Crippen LogP contribution is 2.24. The molecule has 0 bridgehead atoms. The number of hydrogen-bond donors (Lipinski definition) is 1. The Morgan fingerprint density at radius 1 is 1.33 bits per heavy atom. The lowest BCUT2D eigenvalue weighted by molar-refractivity contribution is -0.0155. The molecule has 2 amide bonds. The number of carbonyl (C=O) groups is 1. The lowest BCUT2D eigenvalue weighted by Gasteiger charge is -2.33. The third kappa shape index (κ3) is 3.78. The number of imidazole rings is 1. The molecule has 0 spiro atoms. The summed E-state index contributed by atoms with van der Waals surface area (Å²) in [6.07, 6.45) is 5.29. The van der Waals surface area contributed by atoms with Gasteiger partial charge < -0.3 is 19.4 Å². The summed E-state index contributed by atoms with van der Waals surface area (Å²) in [7, 11) is 0. The van der Waals surface area contributed by atoms with Gasteiger partial charge in [-0.25, -0.2) is 14.2 Å². The number of rotatable bonds is 3. The Labute approximate surface area is 156 Å². The molecule has 3 aromatic rings. The van der Waals surface area contributed by atoms with Gasteiger partial charge in [0.2, 0.25) is 0 Å². The van der Waals surface area contributed by atoms with Crippen molar-refractivity contribution in [3.63, 3.8) is 0 Å². The van der Waals surface area contributed by atoms with Crippen LogP contribution in [0.25, 0.3) is 5.65 Å². The summed E-state index contributed by atoms with van der Waals surface area (Å²) in [4.78, 5) is 18.5. The van der Waals surface area contributed by atoms with E-state index in [0.29, 0.717) is 31.8 Å². The predicted molar refractivity (Wildman–Crippen MR) is 98.8 cm³/mol. The highest BCUT2D eigenvalue weighted by atomic mass is 19.1. The van der Waals surface area contributed by atoms with Gasteiger partial charge in [-0.15, -0.1) is 0 Å². The minimum Gasteiger partial charge on any atom is -0.370 e. The van der Waals surface area contributed by atoms with Gasteiger partial charge in [0, 0.05) is 31.7 Å². The van der Waals surface area contributed by atoms with E-state index < -0.39 is 0 Å². The fourth-order valence-electron chi connectivity index (χ4n) is 3.26. The maximum absolute atomic E-state index is 13.5. The van der Waals surface area contributed by atoms with Crippen molar-refractivity contribution in [1.29, 1.82) is 0 Å². The molecule has 4 rings (SSSR count). The smallest absolute Gasteiger partial charge is 0.317 e. The summed E-state index contributed by atoms with van der Waals surface area (Å²) in [6, 6.07) is 8.71. The number of halogens is 1. The summed E-state index contributed by atoms with van der Waals surface area (Å²) in [6.45, 7) is 3.58. The van der Waals surface area contributed by atoms with E-state index in [9.17, 15) is 9.18 Å². The fourth-order valence-corrected chi connectivity index (χ4v) is 3.26. The number of aryl methyl sites for hydroxylation is 1. The Morgan fingerprint density at radius 2 is 2.22 bits per heavy atom. The second-order valence-corrected chi connectivity index (χ2v) is 6.70. The molecule has 1 N–H and O–H groups in total. The van der Waals surface area contributed by atoms with Crippen LogP contribution in [0, 0.1) is 12.7 Å². The van der Waals surface area contributed by atoms with E-state index in [1.165, 1.54) is 6.07 Å². The zero-order chi connectivity index (χ0) is 18.8. The van der Waals surface area contributed by atoms with Crippen LogP contribution < -0.4 is 5.32 Å². The van der Waals surface area contributed by atoms with Gasteiger partial charge in [-0.05, 0) is 41.8 Å². The highest BCUT2D eigenvalue weighted by molar-refractivity contribution is 5.74. The van der Waals surface area contributed by atoms with Crippen LogP contribution in [0.15, 0.2) is 48.9 Å². The van der Waals surface area contributed by atoms with Crippen LogP contribution in [0.3, 0.4) is 0 Å². The Kier molecular flexibility index (Phi) is 4.77. The van der Waals surface area contributed by atoms with Crippen molar-refractivity contribution < 1.29 is 13.9 Å². The lowest BCUT2D eigenvalue weighted by Crippen LogP contribution is -2.47. The van der Waals surface area contributed by atoms with E-state index in [4.69, 9.17) is 4.74 Å². The monoisotopic (exact) mass is 368 g/mol. The molecule has 1 fully saturated rings. The number of benzene rings is 1. The summed E-state index contributed by atoms with van der Waals surface area (Å²) >= 11 is 0. The maximum atomic E-state index is 13.5. The Bertz CT molecular complexity index is 972. The number of fused-ring (bicyclic) bond motifs is 1. The SMILES string of the molecule is Cc1cc(C2CN(C(=O)NCc3ccn4ccnc4c3)CCO2)ccc1F.